The van der Waals surface area contributed by atoms with Crippen LogP contribution in [0.5, 0.6) is 0 Å². The Labute approximate surface area is 99.4 Å². The van der Waals surface area contributed by atoms with Crippen molar-refractivity contribution in [1.82, 2.24) is 5.32 Å². The fourth-order valence-electron chi connectivity index (χ4n) is 1.70. The topological polar surface area (TPSA) is 76.4 Å². The molecule has 1 fully saturated rings. The summed E-state index contributed by atoms with van der Waals surface area (Å²) in [5.41, 5.74) is 0. The van der Waals surface area contributed by atoms with Gasteiger partial charge < -0.3 is 9.73 Å². The third-order valence-corrected chi connectivity index (χ3v) is 4.29. The maximum absolute atomic E-state index is 11.5. The lowest BCUT2D eigenvalue weighted by molar-refractivity contribution is -0.116. The zero-order chi connectivity index (χ0) is 12.3. The molecule has 0 bridgehead atoms. The molecule has 0 radical (unpaired) electrons. The van der Waals surface area contributed by atoms with Gasteiger partial charge in [-0.1, -0.05) is 0 Å². The average molecular weight is 255 g/mol. The van der Waals surface area contributed by atoms with Gasteiger partial charge in [-0.2, -0.15) is 0 Å². The lowest BCUT2D eigenvalue weighted by Crippen LogP contribution is -2.34. The van der Waals surface area contributed by atoms with Crippen LogP contribution in [0.15, 0.2) is 28.9 Å². The largest absolute Gasteiger partial charge is 0.465 e. The molecule has 1 aliphatic rings. The number of carbonyl (C=O) groups excluding carboxylic acids is 1. The van der Waals surface area contributed by atoms with E-state index in [1.54, 1.807) is 18.2 Å². The number of amides is 1. The minimum Gasteiger partial charge on any atom is -0.465 e. The smallest absolute Gasteiger partial charge is 0.244 e. The lowest BCUT2D eigenvalue weighted by Gasteiger charge is -2.07. The molecule has 6 heteroatoms. The zero-order valence-electron chi connectivity index (χ0n) is 9.13. The number of hydrogen-bond donors (Lipinski definition) is 1. The molecular formula is C11H13NO4S. The number of hydrogen-bond acceptors (Lipinski definition) is 4. The first-order valence-corrected chi connectivity index (χ1v) is 7.10. The predicted molar refractivity (Wildman–Crippen MR) is 62.9 cm³/mol. The highest BCUT2D eigenvalue weighted by Crippen LogP contribution is 2.11. The van der Waals surface area contributed by atoms with Gasteiger partial charge in [0.1, 0.15) is 5.76 Å². The van der Waals surface area contributed by atoms with Gasteiger partial charge in [0.05, 0.1) is 17.8 Å². The molecule has 0 aromatic carbocycles. The van der Waals surface area contributed by atoms with Gasteiger partial charge in [0.25, 0.3) is 0 Å². The minimum atomic E-state index is -2.96. The fourth-order valence-corrected chi connectivity index (χ4v) is 3.38. The summed E-state index contributed by atoms with van der Waals surface area (Å²) in [7, 11) is -2.96. The summed E-state index contributed by atoms with van der Waals surface area (Å²) in [6, 6.07) is 3.18. The molecule has 2 heterocycles. The van der Waals surface area contributed by atoms with E-state index in [4.69, 9.17) is 4.42 Å². The second-order valence-electron chi connectivity index (χ2n) is 3.96. The Bertz CT molecular complexity index is 516. The molecule has 0 saturated carbocycles. The van der Waals surface area contributed by atoms with Crippen molar-refractivity contribution in [1.29, 1.82) is 0 Å². The Morgan fingerprint density at radius 2 is 2.35 bits per heavy atom. The van der Waals surface area contributed by atoms with Crippen LogP contribution < -0.4 is 5.32 Å². The first kappa shape index (κ1) is 11.9. The van der Waals surface area contributed by atoms with Crippen LogP contribution in [0.25, 0.3) is 6.08 Å². The van der Waals surface area contributed by atoms with E-state index in [9.17, 15) is 13.2 Å². The first-order chi connectivity index (χ1) is 8.05. The molecular weight excluding hydrogens is 242 g/mol. The molecule has 0 aliphatic carbocycles. The minimum absolute atomic E-state index is 0.0351. The lowest BCUT2D eigenvalue weighted by atomic mass is 10.2. The van der Waals surface area contributed by atoms with Crippen LogP contribution in [0, 0.1) is 0 Å². The maximum atomic E-state index is 11.5. The van der Waals surface area contributed by atoms with Crippen molar-refractivity contribution in [3.63, 3.8) is 0 Å². The van der Waals surface area contributed by atoms with Crippen molar-refractivity contribution in [3.8, 4) is 0 Å². The summed E-state index contributed by atoms with van der Waals surface area (Å²) in [4.78, 5) is 11.5. The van der Waals surface area contributed by atoms with Crippen molar-refractivity contribution < 1.29 is 17.6 Å². The van der Waals surface area contributed by atoms with E-state index in [2.05, 4.69) is 5.32 Å². The Kier molecular flexibility index (Phi) is 3.33. The van der Waals surface area contributed by atoms with Crippen molar-refractivity contribution >= 4 is 21.8 Å². The van der Waals surface area contributed by atoms with Crippen LogP contribution in [0.1, 0.15) is 12.2 Å². The van der Waals surface area contributed by atoms with Gasteiger partial charge in [-0.05, 0) is 24.6 Å². The molecule has 1 aromatic heterocycles. The Morgan fingerprint density at radius 3 is 2.94 bits per heavy atom. The summed E-state index contributed by atoms with van der Waals surface area (Å²) in [6.07, 6.45) is 4.88. The Morgan fingerprint density at radius 1 is 1.53 bits per heavy atom. The van der Waals surface area contributed by atoms with Gasteiger partial charge in [-0.3, -0.25) is 4.79 Å². The normalized spacial score (nSPS) is 22.9. The molecule has 2 rings (SSSR count). The number of furan rings is 1. The third kappa shape index (κ3) is 3.45. The molecule has 1 aliphatic heterocycles. The number of sulfone groups is 1. The maximum Gasteiger partial charge on any atom is 0.244 e. The number of carbonyl (C=O) groups is 1. The molecule has 1 amide bonds. The van der Waals surface area contributed by atoms with Crippen molar-refractivity contribution in [2.75, 3.05) is 11.5 Å². The van der Waals surface area contributed by atoms with Crippen molar-refractivity contribution in [3.05, 3.63) is 30.2 Å². The number of nitrogens with one attached hydrogen (secondary N) is 1. The van der Waals surface area contributed by atoms with Gasteiger partial charge >= 0.3 is 0 Å². The van der Waals surface area contributed by atoms with E-state index in [1.807, 2.05) is 0 Å². The van der Waals surface area contributed by atoms with E-state index in [0.717, 1.165) is 0 Å². The first-order valence-electron chi connectivity index (χ1n) is 5.28. The summed E-state index contributed by atoms with van der Waals surface area (Å²) in [5, 5.41) is 2.65. The summed E-state index contributed by atoms with van der Waals surface area (Å²) in [6.45, 7) is 0. The molecule has 1 atom stereocenters. The fraction of sp³-hybridized carbons (Fsp3) is 0.364. The van der Waals surface area contributed by atoms with E-state index >= 15 is 0 Å². The summed E-state index contributed by atoms with van der Waals surface area (Å²) >= 11 is 0. The highest BCUT2D eigenvalue weighted by Gasteiger charge is 2.28. The van der Waals surface area contributed by atoms with Crippen LogP contribution in [0.4, 0.5) is 0 Å². The van der Waals surface area contributed by atoms with Gasteiger partial charge in [-0.25, -0.2) is 8.42 Å². The van der Waals surface area contributed by atoms with Gasteiger partial charge in [0.15, 0.2) is 9.84 Å². The summed E-state index contributed by atoms with van der Waals surface area (Å²) in [5.74, 6) is 0.468. The summed E-state index contributed by atoms with van der Waals surface area (Å²) < 4.78 is 27.4. The Balaban J connectivity index is 1.86. The van der Waals surface area contributed by atoms with E-state index < -0.39 is 9.84 Å². The molecule has 17 heavy (non-hydrogen) atoms. The van der Waals surface area contributed by atoms with Gasteiger partial charge in [-0.15, -0.1) is 0 Å². The molecule has 1 aromatic rings. The molecule has 1 saturated heterocycles. The van der Waals surface area contributed by atoms with Crippen LogP contribution in [-0.2, 0) is 14.6 Å². The van der Waals surface area contributed by atoms with Gasteiger partial charge in [0.2, 0.25) is 5.91 Å². The number of rotatable bonds is 3. The van der Waals surface area contributed by atoms with Crippen LogP contribution in [-0.4, -0.2) is 31.9 Å². The quantitative estimate of drug-likeness (QED) is 0.802. The second kappa shape index (κ2) is 4.75. The monoisotopic (exact) mass is 255 g/mol. The van der Waals surface area contributed by atoms with Crippen molar-refractivity contribution in [2.45, 2.75) is 12.5 Å². The van der Waals surface area contributed by atoms with Crippen molar-refractivity contribution in [2.24, 2.45) is 0 Å². The van der Waals surface area contributed by atoms with Crippen LogP contribution >= 0.6 is 0 Å². The highest BCUT2D eigenvalue weighted by atomic mass is 32.2. The van der Waals surface area contributed by atoms with Gasteiger partial charge in [0, 0.05) is 12.1 Å². The predicted octanol–water partition coefficient (Wildman–Crippen LogP) is 0.596. The molecule has 0 spiro atoms. The van der Waals surface area contributed by atoms with Crippen LogP contribution in [0.2, 0.25) is 0 Å². The third-order valence-electron chi connectivity index (χ3n) is 2.52. The SMILES string of the molecule is O=C(/C=C/c1ccco1)NC1CCS(=O)(=O)C1. The Hall–Kier alpha value is -1.56. The van der Waals surface area contributed by atoms with E-state index in [1.165, 1.54) is 12.3 Å². The molecule has 1 N–H and O–H groups in total. The molecule has 1 unspecified atom stereocenters. The van der Waals surface area contributed by atoms with E-state index in [-0.39, 0.29) is 23.5 Å². The molecule has 92 valence electrons. The standard InChI is InChI=1S/C11H13NO4S/c13-11(4-3-10-2-1-6-16-10)12-9-5-7-17(14,15)8-9/h1-4,6,9H,5,7-8H2,(H,12,13)/b4-3+. The molecule has 5 nitrogen and oxygen atoms in total. The van der Waals surface area contributed by atoms with Crippen LogP contribution in [0.3, 0.4) is 0 Å². The highest BCUT2D eigenvalue weighted by molar-refractivity contribution is 7.91. The average Bonchev–Trinajstić information content (AvgIpc) is 2.85. The zero-order valence-corrected chi connectivity index (χ0v) is 9.94. The second-order valence-corrected chi connectivity index (χ2v) is 6.19. The van der Waals surface area contributed by atoms with E-state index in [0.29, 0.717) is 12.2 Å².